The van der Waals surface area contributed by atoms with Gasteiger partial charge in [0.2, 0.25) is 0 Å². The van der Waals surface area contributed by atoms with Gasteiger partial charge in [-0.1, -0.05) is 0 Å². The van der Waals surface area contributed by atoms with Crippen LogP contribution in [0.3, 0.4) is 0 Å². The molecule has 0 heterocycles. The fraction of sp³-hybridized carbons (Fsp3) is 0.556. The number of hydrogen-bond acceptors (Lipinski definition) is 5. The summed E-state index contributed by atoms with van der Waals surface area (Å²) in [6.45, 7) is 6.28. The van der Waals surface area contributed by atoms with E-state index in [1.54, 1.807) is 19.2 Å². The highest BCUT2D eigenvalue weighted by Gasteiger charge is 2.04. The third kappa shape index (κ3) is 9.85. The molecule has 0 saturated carbocycles. The first-order chi connectivity index (χ1) is 12.7. The van der Waals surface area contributed by atoms with Crippen LogP contribution in [0.15, 0.2) is 29.3 Å². The van der Waals surface area contributed by atoms with Gasteiger partial charge in [-0.15, -0.1) is 0 Å². The van der Waals surface area contributed by atoms with E-state index in [4.69, 9.17) is 9.47 Å². The van der Waals surface area contributed by atoms with Crippen LogP contribution in [0.4, 0.5) is 0 Å². The van der Waals surface area contributed by atoms with Crippen molar-refractivity contribution in [3.05, 3.63) is 29.8 Å². The van der Waals surface area contributed by atoms with Crippen LogP contribution in [0.2, 0.25) is 0 Å². The van der Waals surface area contributed by atoms with Crippen molar-refractivity contribution in [1.82, 2.24) is 16.0 Å². The molecule has 1 aromatic carbocycles. The Balaban J connectivity index is 2.22. The predicted molar refractivity (Wildman–Crippen MR) is 102 cm³/mol. The standard InChI is InChI=1S/C18H30N4O4/c1-3-19-18(21-9-4-12-26-14-13-25-2)22-11-10-20-17(24)15-5-7-16(23)8-6-15/h5-8,23H,3-4,9-14H2,1-2H3,(H,20,24)(H2,19,21,22). The van der Waals surface area contributed by atoms with Crippen molar-refractivity contribution >= 4 is 11.9 Å². The molecule has 0 aliphatic carbocycles. The molecule has 0 unspecified atom stereocenters. The second-order valence-electron chi connectivity index (χ2n) is 5.45. The minimum Gasteiger partial charge on any atom is -0.508 e. The molecule has 4 N–H and O–H groups in total. The summed E-state index contributed by atoms with van der Waals surface area (Å²) in [5.74, 6) is 0.670. The van der Waals surface area contributed by atoms with Gasteiger partial charge in [-0.3, -0.25) is 9.79 Å². The van der Waals surface area contributed by atoms with Gasteiger partial charge < -0.3 is 30.5 Å². The lowest BCUT2D eigenvalue weighted by molar-refractivity contribution is 0.0702. The molecule has 1 amide bonds. The number of nitrogens with zero attached hydrogens (tertiary/aromatic N) is 1. The highest BCUT2D eigenvalue weighted by atomic mass is 16.5. The van der Waals surface area contributed by atoms with E-state index < -0.39 is 0 Å². The van der Waals surface area contributed by atoms with Crippen molar-refractivity contribution in [2.45, 2.75) is 13.3 Å². The summed E-state index contributed by atoms with van der Waals surface area (Å²) in [7, 11) is 1.65. The van der Waals surface area contributed by atoms with Crippen LogP contribution in [0.25, 0.3) is 0 Å². The number of aliphatic imine (C=N–C) groups is 1. The van der Waals surface area contributed by atoms with Gasteiger partial charge in [0.15, 0.2) is 5.96 Å². The van der Waals surface area contributed by atoms with Crippen molar-refractivity contribution in [2.75, 3.05) is 53.1 Å². The Morgan fingerprint density at radius 3 is 2.50 bits per heavy atom. The summed E-state index contributed by atoms with van der Waals surface area (Å²) in [5, 5.41) is 18.4. The number of benzene rings is 1. The Bertz CT molecular complexity index is 534. The summed E-state index contributed by atoms with van der Waals surface area (Å²) in [5.41, 5.74) is 0.511. The topological polar surface area (TPSA) is 104 Å². The number of phenolic OH excluding ortho intramolecular Hbond substituents is 1. The van der Waals surface area contributed by atoms with Crippen LogP contribution in [-0.2, 0) is 9.47 Å². The van der Waals surface area contributed by atoms with E-state index in [1.165, 1.54) is 12.1 Å². The summed E-state index contributed by atoms with van der Waals surface area (Å²) >= 11 is 0. The Morgan fingerprint density at radius 2 is 1.81 bits per heavy atom. The summed E-state index contributed by atoms with van der Waals surface area (Å²) in [6.07, 6.45) is 0.831. The number of methoxy groups -OCH3 is 1. The van der Waals surface area contributed by atoms with Crippen molar-refractivity contribution in [3.63, 3.8) is 0 Å². The number of guanidine groups is 1. The maximum absolute atomic E-state index is 12.0. The highest BCUT2D eigenvalue weighted by molar-refractivity contribution is 5.94. The van der Waals surface area contributed by atoms with Gasteiger partial charge in [0.05, 0.1) is 13.2 Å². The zero-order valence-electron chi connectivity index (χ0n) is 15.6. The maximum Gasteiger partial charge on any atom is 0.251 e. The van der Waals surface area contributed by atoms with Gasteiger partial charge in [0.1, 0.15) is 5.75 Å². The lowest BCUT2D eigenvalue weighted by Gasteiger charge is -2.12. The Labute approximate surface area is 155 Å². The Hall–Kier alpha value is -2.32. The number of rotatable bonds is 12. The molecule has 0 atom stereocenters. The molecule has 146 valence electrons. The molecule has 0 aliphatic rings. The van der Waals surface area contributed by atoms with Crippen LogP contribution in [0, 0.1) is 0 Å². The van der Waals surface area contributed by atoms with Crippen LogP contribution in [0.5, 0.6) is 5.75 Å². The first-order valence-corrected chi connectivity index (χ1v) is 8.83. The minimum absolute atomic E-state index is 0.138. The smallest absolute Gasteiger partial charge is 0.251 e. The first-order valence-electron chi connectivity index (χ1n) is 8.83. The molecule has 0 spiro atoms. The van der Waals surface area contributed by atoms with Crippen molar-refractivity contribution in [3.8, 4) is 5.75 Å². The van der Waals surface area contributed by atoms with E-state index in [0.29, 0.717) is 51.0 Å². The van der Waals surface area contributed by atoms with Crippen LogP contribution in [-0.4, -0.2) is 70.1 Å². The summed E-state index contributed by atoms with van der Waals surface area (Å²) < 4.78 is 10.3. The lowest BCUT2D eigenvalue weighted by atomic mass is 10.2. The number of nitrogens with one attached hydrogen (secondary N) is 3. The van der Waals surface area contributed by atoms with Gasteiger partial charge in [0.25, 0.3) is 5.91 Å². The average Bonchev–Trinajstić information content (AvgIpc) is 2.64. The summed E-state index contributed by atoms with van der Waals surface area (Å²) in [4.78, 5) is 16.4. The Morgan fingerprint density at radius 1 is 1.08 bits per heavy atom. The molecular weight excluding hydrogens is 336 g/mol. The van der Waals surface area contributed by atoms with Crippen molar-refractivity contribution in [2.24, 2.45) is 4.99 Å². The second kappa shape index (κ2) is 13.9. The van der Waals surface area contributed by atoms with E-state index in [9.17, 15) is 9.90 Å². The van der Waals surface area contributed by atoms with Gasteiger partial charge in [-0.2, -0.15) is 0 Å². The number of amides is 1. The van der Waals surface area contributed by atoms with Crippen LogP contribution >= 0.6 is 0 Å². The number of carbonyl (C=O) groups is 1. The third-order valence-electron chi connectivity index (χ3n) is 3.33. The van der Waals surface area contributed by atoms with Gasteiger partial charge in [0, 0.05) is 45.5 Å². The van der Waals surface area contributed by atoms with Gasteiger partial charge in [-0.05, 0) is 37.6 Å². The van der Waals surface area contributed by atoms with Crippen LogP contribution in [0.1, 0.15) is 23.7 Å². The van der Waals surface area contributed by atoms with Gasteiger partial charge in [-0.25, -0.2) is 0 Å². The average molecular weight is 366 g/mol. The SMILES string of the molecule is CCNC(=NCCCOCCOC)NCCNC(=O)c1ccc(O)cc1. The number of aromatic hydroxyl groups is 1. The Kier molecular flexibility index (Phi) is 11.6. The van der Waals surface area contributed by atoms with E-state index in [1.807, 2.05) is 6.92 Å². The zero-order chi connectivity index (χ0) is 19.0. The fourth-order valence-corrected chi connectivity index (χ4v) is 2.02. The van der Waals surface area contributed by atoms with Crippen molar-refractivity contribution < 1.29 is 19.4 Å². The van der Waals surface area contributed by atoms with E-state index in [0.717, 1.165) is 13.0 Å². The molecule has 0 bridgehead atoms. The van der Waals surface area contributed by atoms with E-state index in [2.05, 4.69) is 20.9 Å². The largest absolute Gasteiger partial charge is 0.508 e. The molecule has 1 rings (SSSR count). The van der Waals surface area contributed by atoms with Gasteiger partial charge >= 0.3 is 0 Å². The molecule has 0 saturated heterocycles. The number of hydrogen-bond donors (Lipinski definition) is 4. The zero-order valence-corrected chi connectivity index (χ0v) is 15.6. The first kappa shape index (κ1) is 21.7. The predicted octanol–water partition coefficient (Wildman–Crippen LogP) is 0.730. The highest BCUT2D eigenvalue weighted by Crippen LogP contribution is 2.09. The molecular formula is C18H30N4O4. The number of ether oxygens (including phenoxy) is 2. The fourth-order valence-electron chi connectivity index (χ4n) is 2.02. The third-order valence-corrected chi connectivity index (χ3v) is 3.33. The normalized spacial score (nSPS) is 11.2. The van der Waals surface area contributed by atoms with E-state index >= 15 is 0 Å². The maximum atomic E-state index is 12.0. The van der Waals surface area contributed by atoms with E-state index in [-0.39, 0.29) is 11.7 Å². The summed E-state index contributed by atoms with van der Waals surface area (Å²) in [6, 6.07) is 6.14. The monoisotopic (exact) mass is 366 g/mol. The number of carbonyl (C=O) groups excluding carboxylic acids is 1. The number of phenols is 1. The molecule has 8 heteroatoms. The quantitative estimate of drug-likeness (QED) is 0.247. The lowest BCUT2D eigenvalue weighted by Crippen LogP contribution is -2.41. The molecule has 0 aromatic heterocycles. The molecule has 26 heavy (non-hydrogen) atoms. The van der Waals surface area contributed by atoms with Crippen LogP contribution < -0.4 is 16.0 Å². The van der Waals surface area contributed by atoms with Crippen molar-refractivity contribution in [1.29, 1.82) is 0 Å². The molecule has 0 aliphatic heterocycles. The molecule has 1 aromatic rings. The molecule has 0 radical (unpaired) electrons. The molecule has 0 fully saturated rings. The minimum atomic E-state index is -0.179. The second-order valence-corrected chi connectivity index (χ2v) is 5.45. The molecule has 8 nitrogen and oxygen atoms in total.